The van der Waals surface area contributed by atoms with Crippen LogP contribution in [-0.4, -0.2) is 4.57 Å². The van der Waals surface area contributed by atoms with E-state index < -0.39 is 0 Å². The Bertz CT molecular complexity index is 2720. The molecule has 0 fully saturated rings. The summed E-state index contributed by atoms with van der Waals surface area (Å²) in [5, 5.41) is 11.8. The summed E-state index contributed by atoms with van der Waals surface area (Å²) in [5.41, 5.74) is 5.03. The second-order valence-corrected chi connectivity index (χ2v) is 13.5. The Morgan fingerprint density at radius 2 is 1.14 bits per heavy atom. The van der Waals surface area contributed by atoms with Gasteiger partial charge < -0.3 is 4.57 Å². The topological polar surface area (TPSA) is 4.93 Å². The third-order valence-electron chi connectivity index (χ3n) is 8.99. The minimum atomic E-state index is 1.18. The molecular formula is C40H23NS2. The van der Waals surface area contributed by atoms with Crippen molar-refractivity contribution in [1.82, 2.24) is 4.57 Å². The van der Waals surface area contributed by atoms with E-state index in [9.17, 15) is 0 Å². The van der Waals surface area contributed by atoms with Gasteiger partial charge in [-0.15, -0.1) is 22.7 Å². The van der Waals surface area contributed by atoms with Crippen LogP contribution in [0.15, 0.2) is 140 Å². The number of fused-ring (bicyclic) bond motifs is 10. The van der Waals surface area contributed by atoms with Gasteiger partial charge in [0.25, 0.3) is 0 Å². The van der Waals surface area contributed by atoms with Gasteiger partial charge in [-0.25, -0.2) is 0 Å². The van der Waals surface area contributed by atoms with Crippen LogP contribution in [0, 0.1) is 0 Å². The number of hydrogen-bond acceptors (Lipinski definition) is 2. The smallest absolute Gasteiger partial charge is 0.0535 e. The van der Waals surface area contributed by atoms with Crippen LogP contribution in [0.25, 0.3) is 89.6 Å². The lowest BCUT2D eigenvalue weighted by atomic mass is 9.91. The molecule has 0 spiro atoms. The van der Waals surface area contributed by atoms with E-state index >= 15 is 0 Å². The van der Waals surface area contributed by atoms with Gasteiger partial charge in [0.15, 0.2) is 0 Å². The lowest BCUT2D eigenvalue weighted by Gasteiger charge is -2.14. The van der Waals surface area contributed by atoms with Crippen LogP contribution in [0.4, 0.5) is 0 Å². The molecule has 3 heterocycles. The highest BCUT2D eigenvalue weighted by molar-refractivity contribution is 7.26. The average molecular weight is 582 g/mol. The van der Waals surface area contributed by atoms with Crippen LogP contribution in [0.2, 0.25) is 0 Å². The van der Waals surface area contributed by atoms with E-state index in [-0.39, 0.29) is 0 Å². The summed E-state index contributed by atoms with van der Waals surface area (Å²) >= 11 is 3.80. The molecule has 0 aliphatic rings. The molecule has 0 amide bonds. The minimum Gasteiger partial charge on any atom is -0.317 e. The number of rotatable bonds is 2. The van der Waals surface area contributed by atoms with Crippen LogP contribution in [0.3, 0.4) is 0 Å². The summed E-state index contributed by atoms with van der Waals surface area (Å²) in [6, 6.07) is 49.5. The molecule has 10 aromatic rings. The fourth-order valence-corrected chi connectivity index (χ4v) is 9.36. The maximum absolute atomic E-state index is 2.46. The first kappa shape index (κ1) is 23.6. The van der Waals surface area contributed by atoms with Crippen molar-refractivity contribution in [3.05, 3.63) is 140 Å². The van der Waals surface area contributed by atoms with E-state index in [4.69, 9.17) is 0 Å². The molecule has 200 valence electrons. The molecule has 10 rings (SSSR count). The molecule has 3 aromatic heterocycles. The van der Waals surface area contributed by atoms with E-state index in [1.807, 2.05) is 22.7 Å². The number of aromatic nitrogens is 1. The highest BCUT2D eigenvalue weighted by atomic mass is 32.1. The molecule has 7 aromatic carbocycles. The highest BCUT2D eigenvalue weighted by Gasteiger charge is 2.17. The molecule has 0 saturated carbocycles. The molecule has 0 bridgehead atoms. The molecule has 0 aliphatic carbocycles. The molecular weight excluding hydrogens is 559 g/mol. The average Bonchev–Trinajstić information content (AvgIpc) is 3.76. The molecule has 1 nitrogen and oxygen atoms in total. The van der Waals surface area contributed by atoms with Crippen molar-refractivity contribution in [2.24, 2.45) is 0 Å². The molecule has 0 N–H and O–H groups in total. The second-order valence-electron chi connectivity index (χ2n) is 11.4. The summed E-state index contributed by atoms with van der Waals surface area (Å²) in [4.78, 5) is 0. The standard InChI is InChI=1S/C40H23NS2/c1-2-9-26(10-3-1)41-18-17-24-19-25-20-32(30-14-8-13-29-27-11-4-7-16-38(27)43-40(29)30)33-21-35-28-12-5-6-15-37(28)42-39(35)23-34(33)31(25)22-36(24)41/h1-23H. The van der Waals surface area contributed by atoms with Gasteiger partial charge in [0, 0.05) is 63.2 Å². The third-order valence-corrected chi connectivity index (χ3v) is 11.3. The minimum absolute atomic E-state index is 1.18. The summed E-state index contributed by atoms with van der Waals surface area (Å²) in [7, 11) is 0. The lowest BCUT2D eigenvalue weighted by Crippen LogP contribution is -1.91. The third kappa shape index (κ3) is 3.38. The Morgan fingerprint density at radius 3 is 2.00 bits per heavy atom. The van der Waals surface area contributed by atoms with Crippen LogP contribution >= 0.6 is 22.7 Å². The zero-order valence-electron chi connectivity index (χ0n) is 23.0. The molecule has 0 atom stereocenters. The predicted molar refractivity (Wildman–Crippen MR) is 190 cm³/mol. The highest BCUT2D eigenvalue weighted by Crippen LogP contribution is 2.46. The first-order valence-corrected chi connectivity index (χ1v) is 16.2. The van der Waals surface area contributed by atoms with Crippen molar-refractivity contribution >= 4 is 95.5 Å². The number of para-hydroxylation sites is 1. The Morgan fingerprint density at radius 1 is 0.395 bits per heavy atom. The van der Waals surface area contributed by atoms with Crippen LogP contribution < -0.4 is 0 Å². The fourth-order valence-electron chi connectivity index (χ4n) is 7.00. The lowest BCUT2D eigenvalue weighted by molar-refractivity contribution is 1.13. The Labute approximate surface area is 255 Å². The monoisotopic (exact) mass is 581 g/mol. The number of hydrogen-bond donors (Lipinski definition) is 0. The molecule has 0 saturated heterocycles. The summed E-state index contributed by atoms with van der Waals surface area (Å²) in [6.07, 6.45) is 2.20. The SMILES string of the molecule is c1ccc(-n2ccc3cc4cc(-c5cccc6c5sc5ccccc56)c5cc6c(cc5c4cc32)sc2ccccc26)cc1. The Hall–Kier alpha value is -4.96. The summed E-state index contributed by atoms with van der Waals surface area (Å²) in [6.45, 7) is 0. The number of thiophene rings is 2. The van der Waals surface area contributed by atoms with Crippen molar-refractivity contribution in [2.45, 2.75) is 0 Å². The summed E-state index contributed by atoms with van der Waals surface area (Å²) < 4.78 is 7.68. The maximum atomic E-state index is 2.46. The van der Waals surface area contributed by atoms with E-state index in [2.05, 4.69) is 144 Å². The van der Waals surface area contributed by atoms with Crippen molar-refractivity contribution in [3.8, 4) is 16.8 Å². The van der Waals surface area contributed by atoms with E-state index in [1.165, 1.54) is 89.6 Å². The van der Waals surface area contributed by atoms with Gasteiger partial charge in [-0.1, -0.05) is 72.8 Å². The number of benzene rings is 7. The molecule has 0 aliphatic heterocycles. The normalized spacial score (nSPS) is 12.2. The van der Waals surface area contributed by atoms with Crippen molar-refractivity contribution in [1.29, 1.82) is 0 Å². The second kappa shape index (κ2) is 8.78. The first-order chi connectivity index (χ1) is 21.3. The van der Waals surface area contributed by atoms with Gasteiger partial charge in [-0.3, -0.25) is 0 Å². The largest absolute Gasteiger partial charge is 0.317 e. The molecule has 43 heavy (non-hydrogen) atoms. The van der Waals surface area contributed by atoms with Gasteiger partial charge in [0.05, 0.1) is 5.52 Å². The van der Waals surface area contributed by atoms with E-state index in [0.29, 0.717) is 0 Å². The summed E-state index contributed by atoms with van der Waals surface area (Å²) in [5.74, 6) is 0. The predicted octanol–water partition coefficient (Wildman–Crippen LogP) is 12.3. The quantitative estimate of drug-likeness (QED) is 0.179. The Balaban J connectivity index is 1.37. The Kier molecular flexibility index (Phi) is 4.81. The van der Waals surface area contributed by atoms with Crippen molar-refractivity contribution < 1.29 is 0 Å². The van der Waals surface area contributed by atoms with Gasteiger partial charge >= 0.3 is 0 Å². The van der Waals surface area contributed by atoms with Crippen LogP contribution in [-0.2, 0) is 0 Å². The molecule has 0 unspecified atom stereocenters. The van der Waals surface area contributed by atoms with Crippen LogP contribution in [0.1, 0.15) is 0 Å². The zero-order chi connectivity index (χ0) is 28.1. The fraction of sp³-hybridized carbons (Fsp3) is 0. The van der Waals surface area contributed by atoms with Crippen molar-refractivity contribution in [3.63, 3.8) is 0 Å². The van der Waals surface area contributed by atoms with Crippen LogP contribution in [0.5, 0.6) is 0 Å². The first-order valence-electron chi connectivity index (χ1n) is 14.6. The van der Waals surface area contributed by atoms with Gasteiger partial charge in [0.2, 0.25) is 0 Å². The molecule has 0 radical (unpaired) electrons. The van der Waals surface area contributed by atoms with Gasteiger partial charge in [0.1, 0.15) is 0 Å². The zero-order valence-corrected chi connectivity index (χ0v) is 24.7. The van der Waals surface area contributed by atoms with E-state index in [0.717, 1.165) is 0 Å². The maximum Gasteiger partial charge on any atom is 0.0535 e. The van der Waals surface area contributed by atoms with Gasteiger partial charge in [-0.05, 0) is 87.8 Å². The number of nitrogens with zero attached hydrogens (tertiary/aromatic N) is 1. The van der Waals surface area contributed by atoms with Crippen molar-refractivity contribution in [2.75, 3.05) is 0 Å². The molecule has 3 heteroatoms. The van der Waals surface area contributed by atoms with E-state index in [1.54, 1.807) is 0 Å². The van der Waals surface area contributed by atoms with Gasteiger partial charge in [-0.2, -0.15) is 0 Å².